The molecule has 2 aromatic carbocycles. The summed E-state index contributed by atoms with van der Waals surface area (Å²) in [5.41, 5.74) is 1.07. The highest BCUT2D eigenvalue weighted by molar-refractivity contribution is 7.93. The summed E-state index contributed by atoms with van der Waals surface area (Å²) < 4.78 is 23.8. The van der Waals surface area contributed by atoms with Gasteiger partial charge in [-0.2, -0.15) is 0 Å². The molecule has 0 radical (unpaired) electrons. The number of sulfone groups is 1. The summed E-state index contributed by atoms with van der Waals surface area (Å²) >= 11 is 0. The minimum absolute atomic E-state index is 0.0706. The number of carbonyl (C=O) groups is 1. The van der Waals surface area contributed by atoms with E-state index >= 15 is 0 Å². The van der Waals surface area contributed by atoms with Gasteiger partial charge >= 0.3 is 5.97 Å². The van der Waals surface area contributed by atoms with Crippen LogP contribution < -0.4 is 0 Å². The van der Waals surface area contributed by atoms with Crippen molar-refractivity contribution in [2.75, 3.05) is 0 Å². The van der Waals surface area contributed by atoms with Gasteiger partial charge in [-0.15, -0.1) is 0 Å². The molecule has 0 fully saturated rings. The molecule has 18 heavy (non-hydrogen) atoms. The van der Waals surface area contributed by atoms with Gasteiger partial charge in [0.25, 0.3) is 0 Å². The number of hydrogen-bond acceptors (Lipinski definition) is 3. The van der Waals surface area contributed by atoms with E-state index in [1.807, 2.05) is 6.07 Å². The standard InChI is InChI=1S/C13H8O4S/c14-13(15)9-6-7-10-11(12(9)18(10,16)17)8-4-2-1-3-5-8/h1-7H,(H,14,15). The van der Waals surface area contributed by atoms with Crippen LogP contribution in [-0.2, 0) is 9.84 Å². The second-order valence-corrected chi connectivity index (χ2v) is 5.84. The lowest BCUT2D eigenvalue weighted by Gasteiger charge is -2.25. The molecule has 0 atom stereocenters. The maximum Gasteiger partial charge on any atom is 0.337 e. The zero-order valence-corrected chi connectivity index (χ0v) is 9.94. The highest BCUT2D eigenvalue weighted by atomic mass is 32.2. The Hall–Kier alpha value is -2.14. The lowest BCUT2D eigenvalue weighted by molar-refractivity contribution is 0.0692. The molecule has 2 aliphatic rings. The van der Waals surface area contributed by atoms with Crippen LogP contribution in [0.15, 0.2) is 52.3 Å². The van der Waals surface area contributed by atoms with Crippen molar-refractivity contribution in [3.05, 3.63) is 48.0 Å². The van der Waals surface area contributed by atoms with Gasteiger partial charge < -0.3 is 5.11 Å². The summed E-state index contributed by atoms with van der Waals surface area (Å²) in [6.45, 7) is 0. The van der Waals surface area contributed by atoms with Gasteiger partial charge in [-0.3, -0.25) is 0 Å². The molecule has 90 valence electrons. The number of benzene rings is 2. The Morgan fingerprint density at radius 2 is 1.67 bits per heavy atom. The lowest BCUT2D eigenvalue weighted by Crippen LogP contribution is -2.21. The largest absolute Gasteiger partial charge is 0.478 e. The van der Waals surface area contributed by atoms with E-state index in [0.717, 1.165) is 5.56 Å². The fraction of sp³-hybridized carbons (Fsp3) is 0. The zero-order chi connectivity index (χ0) is 12.9. The molecule has 4 nitrogen and oxygen atoms in total. The van der Waals surface area contributed by atoms with E-state index < -0.39 is 15.8 Å². The van der Waals surface area contributed by atoms with E-state index in [1.54, 1.807) is 24.3 Å². The molecule has 2 aliphatic heterocycles. The van der Waals surface area contributed by atoms with Crippen LogP contribution in [0.25, 0.3) is 11.1 Å². The molecule has 2 aromatic rings. The fourth-order valence-electron chi connectivity index (χ4n) is 2.18. The minimum Gasteiger partial charge on any atom is -0.478 e. The molecular weight excluding hydrogens is 252 g/mol. The second kappa shape index (κ2) is 3.43. The molecule has 5 heteroatoms. The number of carboxylic acid groups (broad SMARTS) is 1. The van der Waals surface area contributed by atoms with Crippen molar-refractivity contribution in [3.8, 4) is 11.1 Å². The Kier molecular flexibility index (Phi) is 2.09. The Bertz CT molecular complexity index is 761. The first-order valence-corrected chi connectivity index (χ1v) is 6.72. The smallest absolute Gasteiger partial charge is 0.337 e. The molecule has 0 aromatic heterocycles. The van der Waals surface area contributed by atoms with Gasteiger partial charge in [0.1, 0.15) is 0 Å². The number of fused-ring (bicyclic) bond motifs is 2. The average Bonchev–Trinajstić information content (AvgIpc) is 2.38. The Balaban J connectivity index is 2.35. The van der Waals surface area contributed by atoms with Crippen molar-refractivity contribution in [2.45, 2.75) is 9.79 Å². The van der Waals surface area contributed by atoms with Crippen LogP contribution in [0, 0.1) is 0 Å². The average molecular weight is 260 g/mol. The third-order valence-electron chi connectivity index (χ3n) is 2.97. The van der Waals surface area contributed by atoms with Crippen LogP contribution in [0.5, 0.6) is 0 Å². The second-order valence-electron chi connectivity index (χ2n) is 3.99. The van der Waals surface area contributed by atoms with Gasteiger partial charge in [0.05, 0.1) is 15.4 Å². The van der Waals surface area contributed by atoms with E-state index in [9.17, 15) is 13.2 Å². The van der Waals surface area contributed by atoms with Crippen molar-refractivity contribution >= 4 is 15.8 Å². The van der Waals surface area contributed by atoms with Gasteiger partial charge in [0.2, 0.25) is 9.84 Å². The predicted molar refractivity (Wildman–Crippen MR) is 64.3 cm³/mol. The molecule has 0 saturated carbocycles. The van der Waals surface area contributed by atoms with E-state index in [2.05, 4.69) is 0 Å². The lowest BCUT2D eigenvalue weighted by atomic mass is 10.0. The van der Waals surface area contributed by atoms with Crippen molar-refractivity contribution in [1.82, 2.24) is 0 Å². The van der Waals surface area contributed by atoms with Gasteiger partial charge in [0.15, 0.2) is 0 Å². The maximum absolute atomic E-state index is 11.9. The van der Waals surface area contributed by atoms with Crippen LogP contribution in [0.2, 0.25) is 0 Å². The summed E-state index contributed by atoms with van der Waals surface area (Å²) in [6.07, 6.45) is 0. The number of aromatic carboxylic acids is 1. The zero-order valence-electron chi connectivity index (χ0n) is 9.12. The topological polar surface area (TPSA) is 71.4 Å². The molecule has 0 unspecified atom stereocenters. The van der Waals surface area contributed by atoms with Crippen molar-refractivity contribution in [1.29, 1.82) is 0 Å². The summed E-state index contributed by atoms with van der Waals surface area (Å²) in [5, 5.41) is 9.03. The van der Waals surface area contributed by atoms with E-state index in [4.69, 9.17) is 5.11 Å². The Labute approximate surface area is 103 Å². The van der Waals surface area contributed by atoms with Crippen LogP contribution in [0.3, 0.4) is 0 Å². The third-order valence-corrected chi connectivity index (χ3v) is 4.85. The normalized spacial score (nSPS) is 14.9. The predicted octanol–water partition coefficient (Wildman–Crippen LogP) is 2.20. The number of hydrogen-bond donors (Lipinski definition) is 1. The monoisotopic (exact) mass is 260 g/mol. The van der Waals surface area contributed by atoms with Crippen molar-refractivity contribution in [3.63, 3.8) is 0 Å². The molecule has 0 saturated heterocycles. The van der Waals surface area contributed by atoms with Gasteiger partial charge in [-0.25, -0.2) is 13.2 Å². The quantitative estimate of drug-likeness (QED) is 0.766. The fourth-order valence-corrected chi connectivity index (χ4v) is 3.92. The first-order valence-electron chi connectivity index (χ1n) is 5.24. The highest BCUT2D eigenvalue weighted by Gasteiger charge is 2.41. The van der Waals surface area contributed by atoms with Crippen LogP contribution in [0.4, 0.5) is 0 Å². The molecule has 1 N–H and O–H groups in total. The van der Waals surface area contributed by atoms with Gasteiger partial charge in [0, 0.05) is 5.56 Å². The minimum atomic E-state index is -3.56. The van der Waals surface area contributed by atoms with E-state index in [0.29, 0.717) is 5.56 Å². The molecule has 2 heterocycles. The van der Waals surface area contributed by atoms with Crippen molar-refractivity contribution < 1.29 is 18.3 Å². The van der Waals surface area contributed by atoms with E-state index in [-0.39, 0.29) is 15.4 Å². The van der Waals surface area contributed by atoms with Gasteiger partial charge in [-0.05, 0) is 17.7 Å². The third kappa shape index (κ3) is 1.25. The number of rotatable bonds is 2. The molecule has 0 amide bonds. The van der Waals surface area contributed by atoms with Gasteiger partial charge in [-0.1, -0.05) is 30.3 Å². The Morgan fingerprint density at radius 3 is 2.22 bits per heavy atom. The molecular formula is C13H8O4S. The van der Waals surface area contributed by atoms with Crippen molar-refractivity contribution in [2.24, 2.45) is 0 Å². The molecule has 4 rings (SSSR count). The SMILES string of the molecule is O=C(O)c1ccc2c(-c3ccccc3)c1S2(=O)=O. The Morgan fingerprint density at radius 1 is 1.00 bits per heavy atom. The number of carboxylic acids is 1. The molecule has 2 bridgehead atoms. The summed E-state index contributed by atoms with van der Waals surface area (Å²) in [5.74, 6) is -1.22. The van der Waals surface area contributed by atoms with Crippen LogP contribution >= 0.6 is 0 Å². The molecule has 0 spiro atoms. The summed E-state index contributed by atoms with van der Waals surface area (Å²) in [6, 6.07) is 11.6. The summed E-state index contributed by atoms with van der Waals surface area (Å²) in [7, 11) is -3.56. The highest BCUT2D eigenvalue weighted by Crippen LogP contribution is 2.47. The van der Waals surface area contributed by atoms with E-state index in [1.165, 1.54) is 12.1 Å². The van der Waals surface area contributed by atoms with Crippen LogP contribution in [0.1, 0.15) is 10.4 Å². The maximum atomic E-state index is 11.9. The summed E-state index contributed by atoms with van der Waals surface area (Å²) in [4.78, 5) is 11.2. The molecule has 0 aliphatic carbocycles. The first kappa shape index (κ1) is 11.0. The van der Waals surface area contributed by atoms with Crippen LogP contribution in [-0.4, -0.2) is 19.5 Å². The first-order chi connectivity index (χ1) is 8.53.